The molecule has 3 nitrogen and oxygen atoms in total. The number of carbonyl (C=O) groups is 2. The molecule has 0 N–H and O–H groups in total. The average Bonchev–Trinajstić information content (AvgIpc) is 2.21. The van der Waals surface area contributed by atoms with Crippen LogP contribution in [0, 0.1) is 17.3 Å². The minimum atomic E-state index is -0.996. The molecular weight excluding hydrogens is 204 g/mol. The first-order valence-electron chi connectivity index (χ1n) is 5.68. The number of hydrogen-bond donors (Lipinski definition) is 0. The summed E-state index contributed by atoms with van der Waals surface area (Å²) in [7, 11) is 0. The van der Waals surface area contributed by atoms with Gasteiger partial charge in [-0.25, -0.2) is 0 Å². The van der Waals surface area contributed by atoms with Gasteiger partial charge in [0.1, 0.15) is 11.5 Å². The maximum absolute atomic E-state index is 12.0. The molecule has 0 aliphatic carbocycles. The van der Waals surface area contributed by atoms with Crippen LogP contribution in [0.2, 0.25) is 0 Å². The fourth-order valence-electron chi connectivity index (χ4n) is 2.20. The number of ketones is 1. The molecule has 1 aliphatic heterocycles. The van der Waals surface area contributed by atoms with Crippen molar-refractivity contribution in [2.75, 3.05) is 0 Å². The molecule has 3 atom stereocenters. The molecule has 1 rings (SSSR count). The first kappa shape index (κ1) is 12.9. The standard InChI is InChI=1S/C13H20O3/c1-6-7-8(2)10-9(3)11(14)13(4,5)12(15)16-10/h6,8-10H,1,7H2,2-5H3/t8-,9?,10-/m0/s1. The molecule has 1 unspecified atom stereocenters. The van der Waals surface area contributed by atoms with Crippen LogP contribution in [-0.2, 0) is 14.3 Å². The number of cyclic esters (lactones) is 1. The van der Waals surface area contributed by atoms with Crippen molar-refractivity contribution in [2.24, 2.45) is 17.3 Å². The molecule has 1 heterocycles. The molecule has 16 heavy (non-hydrogen) atoms. The van der Waals surface area contributed by atoms with Gasteiger partial charge in [-0.2, -0.15) is 0 Å². The molecule has 1 fully saturated rings. The average molecular weight is 224 g/mol. The lowest BCUT2D eigenvalue weighted by Crippen LogP contribution is -2.51. The molecule has 90 valence electrons. The van der Waals surface area contributed by atoms with Gasteiger partial charge in [0.2, 0.25) is 0 Å². The van der Waals surface area contributed by atoms with Crippen molar-refractivity contribution >= 4 is 11.8 Å². The Hall–Kier alpha value is -1.12. The van der Waals surface area contributed by atoms with Crippen LogP contribution in [0.3, 0.4) is 0 Å². The molecule has 1 saturated heterocycles. The van der Waals surface area contributed by atoms with Crippen molar-refractivity contribution in [3.8, 4) is 0 Å². The SMILES string of the molecule is C=CC[C@H](C)[C@@H]1OC(=O)C(C)(C)C(=O)C1C. The molecule has 1 aliphatic rings. The highest BCUT2D eigenvalue weighted by molar-refractivity contribution is 6.05. The Morgan fingerprint density at radius 1 is 1.50 bits per heavy atom. The van der Waals surface area contributed by atoms with Crippen molar-refractivity contribution < 1.29 is 14.3 Å². The third-order valence-corrected chi connectivity index (χ3v) is 3.38. The van der Waals surface area contributed by atoms with Gasteiger partial charge in [-0.05, 0) is 26.2 Å². The van der Waals surface area contributed by atoms with E-state index in [1.165, 1.54) is 0 Å². The minimum absolute atomic E-state index is 0.0235. The molecule has 0 saturated carbocycles. The van der Waals surface area contributed by atoms with Crippen LogP contribution >= 0.6 is 0 Å². The van der Waals surface area contributed by atoms with E-state index in [1.807, 2.05) is 13.8 Å². The zero-order chi connectivity index (χ0) is 12.5. The Morgan fingerprint density at radius 2 is 2.06 bits per heavy atom. The van der Waals surface area contributed by atoms with Gasteiger partial charge >= 0.3 is 5.97 Å². The van der Waals surface area contributed by atoms with Crippen molar-refractivity contribution in [2.45, 2.75) is 40.2 Å². The second kappa shape index (κ2) is 4.40. The van der Waals surface area contributed by atoms with E-state index >= 15 is 0 Å². The van der Waals surface area contributed by atoms with E-state index < -0.39 is 11.4 Å². The van der Waals surface area contributed by atoms with Gasteiger partial charge in [0.25, 0.3) is 0 Å². The Labute approximate surface area is 96.9 Å². The van der Waals surface area contributed by atoms with Crippen LogP contribution in [0.25, 0.3) is 0 Å². The summed E-state index contributed by atoms with van der Waals surface area (Å²) in [6, 6.07) is 0. The zero-order valence-corrected chi connectivity index (χ0v) is 10.4. The van der Waals surface area contributed by atoms with E-state index in [0.717, 1.165) is 6.42 Å². The fraction of sp³-hybridized carbons (Fsp3) is 0.692. The van der Waals surface area contributed by atoms with Crippen LogP contribution < -0.4 is 0 Å². The monoisotopic (exact) mass is 224 g/mol. The fourth-order valence-corrected chi connectivity index (χ4v) is 2.20. The van der Waals surface area contributed by atoms with Gasteiger partial charge in [0.15, 0.2) is 5.78 Å². The second-order valence-electron chi connectivity index (χ2n) is 5.15. The molecular formula is C13H20O3. The van der Waals surface area contributed by atoms with Gasteiger partial charge in [0, 0.05) is 0 Å². The highest BCUT2D eigenvalue weighted by atomic mass is 16.5. The van der Waals surface area contributed by atoms with Crippen molar-refractivity contribution in [3.63, 3.8) is 0 Å². The summed E-state index contributed by atoms with van der Waals surface area (Å²) >= 11 is 0. The molecule has 0 radical (unpaired) electrons. The van der Waals surface area contributed by atoms with Gasteiger partial charge in [-0.15, -0.1) is 6.58 Å². The van der Waals surface area contributed by atoms with Crippen LogP contribution in [0.5, 0.6) is 0 Å². The van der Waals surface area contributed by atoms with E-state index in [4.69, 9.17) is 4.74 Å². The van der Waals surface area contributed by atoms with Crippen LogP contribution in [-0.4, -0.2) is 17.9 Å². The number of ether oxygens (including phenoxy) is 1. The molecule has 0 bridgehead atoms. The first-order valence-corrected chi connectivity index (χ1v) is 5.68. The van der Waals surface area contributed by atoms with Gasteiger partial charge in [0.05, 0.1) is 5.92 Å². The Bertz CT molecular complexity index is 317. The normalized spacial score (nSPS) is 30.8. The highest BCUT2D eigenvalue weighted by Crippen LogP contribution is 2.35. The quantitative estimate of drug-likeness (QED) is 0.420. The molecule has 3 heteroatoms. The molecule has 0 aromatic rings. The maximum Gasteiger partial charge on any atom is 0.319 e. The second-order valence-corrected chi connectivity index (χ2v) is 5.15. The molecule has 0 spiro atoms. The summed E-state index contributed by atoms with van der Waals surface area (Å²) in [5, 5.41) is 0. The predicted molar refractivity (Wildman–Crippen MR) is 61.8 cm³/mol. The lowest BCUT2D eigenvalue weighted by molar-refractivity contribution is -0.180. The lowest BCUT2D eigenvalue weighted by atomic mass is 9.74. The summed E-state index contributed by atoms with van der Waals surface area (Å²) < 4.78 is 5.39. The van der Waals surface area contributed by atoms with Crippen molar-refractivity contribution in [3.05, 3.63) is 12.7 Å². The molecule has 0 amide bonds. The predicted octanol–water partition coefficient (Wildman–Crippen LogP) is 2.36. The highest BCUT2D eigenvalue weighted by Gasteiger charge is 2.49. The maximum atomic E-state index is 12.0. The van der Waals surface area contributed by atoms with Gasteiger partial charge < -0.3 is 4.74 Å². The molecule has 0 aromatic heterocycles. The van der Waals surface area contributed by atoms with E-state index in [-0.39, 0.29) is 23.7 Å². The summed E-state index contributed by atoms with van der Waals surface area (Å²) in [6.45, 7) is 10.7. The molecule has 0 aromatic carbocycles. The van der Waals surface area contributed by atoms with E-state index in [2.05, 4.69) is 6.58 Å². The Balaban J connectivity index is 2.89. The number of esters is 1. The Kier molecular flexibility index (Phi) is 3.56. The van der Waals surface area contributed by atoms with Gasteiger partial charge in [-0.1, -0.05) is 19.9 Å². The number of allylic oxidation sites excluding steroid dienone is 1. The number of rotatable bonds is 3. The minimum Gasteiger partial charge on any atom is -0.461 e. The summed E-state index contributed by atoms with van der Waals surface area (Å²) in [5.41, 5.74) is -0.996. The summed E-state index contributed by atoms with van der Waals surface area (Å²) in [5.74, 6) is -0.527. The first-order chi connectivity index (χ1) is 7.32. The zero-order valence-electron chi connectivity index (χ0n) is 10.4. The number of carbonyl (C=O) groups excluding carboxylic acids is 2. The van der Waals surface area contributed by atoms with E-state index in [0.29, 0.717) is 0 Å². The lowest BCUT2D eigenvalue weighted by Gasteiger charge is -2.38. The van der Waals surface area contributed by atoms with Crippen molar-refractivity contribution in [1.29, 1.82) is 0 Å². The summed E-state index contributed by atoms with van der Waals surface area (Å²) in [4.78, 5) is 23.8. The Morgan fingerprint density at radius 3 is 2.56 bits per heavy atom. The van der Waals surface area contributed by atoms with E-state index in [9.17, 15) is 9.59 Å². The van der Waals surface area contributed by atoms with Crippen LogP contribution in [0.1, 0.15) is 34.1 Å². The number of hydrogen-bond acceptors (Lipinski definition) is 3. The third-order valence-electron chi connectivity index (χ3n) is 3.38. The topological polar surface area (TPSA) is 43.4 Å². The van der Waals surface area contributed by atoms with Gasteiger partial charge in [-0.3, -0.25) is 9.59 Å². The van der Waals surface area contributed by atoms with E-state index in [1.54, 1.807) is 19.9 Å². The smallest absolute Gasteiger partial charge is 0.319 e. The largest absolute Gasteiger partial charge is 0.461 e. The summed E-state index contributed by atoms with van der Waals surface area (Å²) in [6.07, 6.45) is 2.22. The third kappa shape index (κ3) is 2.04. The van der Waals surface area contributed by atoms with Crippen LogP contribution in [0.4, 0.5) is 0 Å². The van der Waals surface area contributed by atoms with Crippen molar-refractivity contribution in [1.82, 2.24) is 0 Å². The number of Topliss-reactive ketones (excluding diaryl/α,β-unsaturated/α-hetero) is 1. The van der Waals surface area contributed by atoms with Crippen LogP contribution in [0.15, 0.2) is 12.7 Å².